The zero-order valence-electron chi connectivity index (χ0n) is 12.3. The molecule has 126 valence electrons. The van der Waals surface area contributed by atoms with E-state index in [4.69, 9.17) is 21.5 Å². The van der Waals surface area contributed by atoms with E-state index in [1.165, 1.54) is 35.1 Å². The van der Waals surface area contributed by atoms with Crippen LogP contribution in [0.25, 0.3) is 5.57 Å². The van der Waals surface area contributed by atoms with Crippen molar-refractivity contribution in [2.45, 2.75) is 31.9 Å². The predicted octanol–water partition coefficient (Wildman–Crippen LogP) is 3.84. The quantitative estimate of drug-likeness (QED) is 0.811. The molecule has 0 saturated heterocycles. The maximum atomic E-state index is 10.6. The normalized spacial score (nSPS) is 17.0. The zero-order valence-corrected chi connectivity index (χ0v) is 13.1. The van der Waals surface area contributed by atoms with Crippen molar-refractivity contribution >= 4 is 23.1 Å². The van der Waals surface area contributed by atoms with E-state index in [-0.39, 0.29) is 0 Å². The van der Waals surface area contributed by atoms with Crippen LogP contribution < -0.4 is 5.32 Å². The second-order valence-corrected chi connectivity index (χ2v) is 5.79. The van der Waals surface area contributed by atoms with Crippen LogP contribution in [0.1, 0.15) is 29.5 Å². The van der Waals surface area contributed by atoms with Crippen molar-refractivity contribution in [1.82, 2.24) is 5.32 Å². The molecule has 0 spiro atoms. The first kappa shape index (κ1) is 17.8. The summed E-state index contributed by atoms with van der Waals surface area (Å²) >= 11 is 6.52. The van der Waals surface area contributed by atoms with E-state index in [0.29, 0.717) is 0 Å². The lowest BCUT2D eigenvalue weighted by Crippen LogP contribution is -2.21. The molecule has 0 unspecified atom stereocenters. The predicted molar refractivity (Wildman–Crippen MR) is 82.6 cm³/mol. The van der Waals surface area contributed by atoms with Crippen molar-refractivity contribution in [2.24, 2.45) is 0 Å². The fourth-order valence-electron chi connectivity index (χ4n) is 2.72. The molecule has 0 amide bonds. The third-order valence-corrected chi connectivity index (χ3v) is 4.26. The molecular weight excluding hydrogens is 331 g/mol. The molecule has 23 heavy (non-hydrogen) atoms. The van der Waals surface area contributed by atoms with Crippen molar-refractivity contribution in [3.05, 3.63) is 39.9 Å². The molecule has 7 heteroatoms. The second-order valence-electron chi connectivity index (χ2n) is 5.42. The van der Waals surface area contributed by atoms with Crippen LogP contribution in [0.4, 0.5) is 13.2 Å². The number of fused-ring (bicyclic) bond motifs is 1. The van der Waals surface area contributed by atoms with Crippen LogP contribution in [0.3, 0.4) is 0 Å². The fourth-order valence-corrected chi connectivity index (χ4v) is 3.12. The first-order valence-electron chi connectivity index (χ1n) is 7.31. The Balaban J connectivity index is 0.000000236. The SMILES string of the molecule is Clc1c(C2=CCCNC2)ccc2c1CCC2.O=C(O)C(F)(F)F. The van der Waals surface area contributed by atoms with Gasteiger partial charge in [-0.15, -0.1) is 0 Å². The van der Waals surface area contributed by atoms with Crippen molar-refractivity contribution in [3.8, 4) is 0 Å². The topological polar surface area (TPSA) is 49.3 Å². The van der Waals surface area contributed by atoms with Crippen LogP contribution in [0.2, 0.25) is 5.02 Å². The molecule has 1 aliphatic heterocycles. The Kier molecular flexibility index (Phi) is 5.70. The van der Waals surface area contributed by atoms with E-state index >= 15 is 0 Å². The lowest BCUT2D eigenvalue weighted by Gasteiger charge is -2.17. The Morgan fingerprint density at radius 3 is 2.52 bits per heavy atom. The van der Waals surface area contributed by atoms with Gasteiger partial charge in [-0.3, -0.25) is 0 Å². The summed E-state index contributed by atoms with van der Waals surface area (Å²) in [6.45, 7) is 2.05. The Hall–Kier alpha value is -1.53. The van der Waals surface area contributed by atoms with Gasteiger partial charge >= 0.3 is 12.1 Å². The number of hydrogen-bond acceptors (Lipinski definition) is 2. The monoisotopic (exact) mass is 347 g/mol. The average molecular weight is 348 g/mol. The van der Waals surface area contributed by atoms with Crippen molar-refractivity contribution in [1.29, 1.82) is 0 Å². The molecule has 1 aromatic carbocycles. The van der Waals surface area contributed by atoms with Crippen molar-refractivity contribution < 1.29 is 23.1 Å². The molecule has 0 atom stereocenters. The van der Waals surface area contributed by atoms with Crippen LogP contribution in [0, 0.1) is 0 Å². The molecule has 0 radical (unpaired) electrons. The third-order valence-electron chi connectivity index (χ3n) is 3.83. The van der Waals surface area contributed by atoms with Gasteiger partial charge in [-0.25, -0.2) is 4.79 Å². The summed E-state index contributed by atoms with van der Waals surface area (Å²) in [7, 11) is 0. The van der Waals surface area contributed by atoms with E-state index in [0.717, 1.165) is 31.0 Å². The third kappa shape index (κ3) is 4.48. The maximum absolute atomic E-state index is 10.6. The van der Waals surface area contributed by atoms with Crippen LogP contribution >= 0.6 is 11.6 Å². The Morgan fingerprint density at radius 1 is 1.26 bits per heavy atom. The first-order chi connectivity index (χ1) is 10.8. The van der Waals surface area contributed by atoms with Crippen molar-refractivity contribution in [2.75, 3.05) is 13.1 Å². The number of carboxylic acid groups (broad SMARTS) is 1. The summed E-state index contributed by atoms with van der Waals surface area (Å²) in [5, 5.41) is 11.5. The largest absolute Gasteiger partial charge is 0.490 e. The molecule has 2 N–H and O–H groups in total. The zero-order chi connectivity index (χ0) is 17.0. The van der Waals surface area contributed by atoms with Gasteiger partial charge < -0.3 is 10.4 Å². The van der Waals surface area contributed by atoms with Gasteiger partial charge in [0.25, 0.3) is 0 Å². The summed E-state index contributed by atoms with van der Waals surface area (Å²) in [5.41, 5.74) is 5.46. The van der Waals surface area contributed by atoms with Gasteiger partial charge in [0.2, 0.25) is 0 Å². The highest BCUT2D eigenvalue weighted by Gasteiger charge is 2.38. The van der Waals surface area contributed by atoms with Crippen LogP contribution in [0.5, 0.6) is 0 Å². The van der Waals surface area contributed by atoms with Crippen LogP contribution in [-0.2, 0) is 17.6 Å². The molecule has 0 aromatic heterocycles. The fraction of sp³-hybridized carbons (Fsp3) is 0.438. The number of nitrogens with one attached hydrogen (secondary N) is 1. The minimum atomic E-state index is -5.08. The highest BCUT2D eigenvalue weighted by atomic mass is 35.5. The molecule has 1 aromatic rings. The Morgan fingerprint density at radius 2 is 1.96 bits per heavy atom. The summed E-state index contributed by atoms with van der Waals surface area (Å²) in [6, 6.07) is 4.46. The number of carboxylic acids is 1. The molecule has 3 nitrogen and oxygen atoms in total. The summed E-state index contributed by atoms with van der Waals surface area (Å²) in [4.78, 5) is 8.90. The summed E-state index contributed by atoms with van der Waals surface area (Å²) in [6.07, 6.45) is 1.97. The molecular formula is C16H17ClF3NO2. The van der Waals surface area contributed by atoms with Crippen molar-refractivity contribution in [3.63, 3.8) is 0 Å². The van der Waals surface area contributed by atoms with E-state index in [1.807, 2.05) is 0 Å². The molecule has 0 fully saturated rings. The lowest BCUT2D eigenvalue weighted by molar-refractivity contribution is -0.192. The number of hydrogen-bond donors (Lipinski definition) is 2. The number of alkyl halides is 3. The van der Waals surface area contributed by atoms with E-state index in [9.17, 15) is 13.2 Å². The molecule has 1 aliphatic carbocycles. The number of aryl methyl sites for hydroxylation is 1. The summed E-state index contributed by atoms with van der Waals surface area (Å²) in [5.74, 6) is -2.76. The lowest BCUT2D eigenvalue weighted by atomic mass is 9.98. The highest BCUT2D eigenvalue weighted by Crippen LogP contribution is 2.35. The van der Waals surface area contributed by atoms with Gasteiger partial charge in [0.1, 0.15) is 0 Å². The molecule has 0 saturated carbocycles. The number of halogens is 4. The van der Waals surface area contributed by atoms with Gasteiger partial charge in [-0.05, 0) is 54.5 Å². The van der Waals surface area contributed by atoms with Crippen LogP contribution in [0.15, 0.2) is 18.2 Å². The maximum Gasteiger partial charge on any atom is 0.490 e. The van der Waals surface area contributed by atoms with Gasteiger partial charge in [-0.2, -0.15) is 13.2 Å². The summed E-state index contributed by atoms with van der Waals surface area (Å²) < 4.78 is 31.7. The average Bonchev–Trinajstić information content (AvgIpc) is 2.97. The molecule has 0 bridgehead atoms. The number of benzene rings is 1. The highest BCUT2D eigenvalue weighted by molar-refractivity contribution is 6.33. The van der Waals surface area contributed by atoms with Gasteiger partial charge in [0.15, 0.2) is 0 Å². The standard InChI is InChI=1S/C14H16ClN.C2HF3O2/c15-14-12-5-1-3-10(12)6-7-13(14)11-4-2-8-16-9-11;3-2(4,5)1(6)7/h4,6-7,16H,1-3,5,8-9H2;(H,6,7). The second kappa shape index (κ2) is 7.36. The molecule has 1 heterocycles. The van der Waals surface area contributed by atoms with Gasteiger partial charge in [0, 0.05) is 6.54 Å². The van der Waals surface area contributed by atoms with E-state index < -0.39 is 12.1 Å². The smallest absolute Gasteiger partial charge is 0.475 e. The molecule has 3 rings (SSSR count). The Labute approximate surface area is 137 Å². The van der Waals surface area contributed by atoms with Crippen LogP contribution in [-0.4, -0.2) is 30.3 Å². The minimum absolute atomic E-state index is 0.957. The number of rotatable bonds is 1. The van der Waals surface area contributed by atoms with Gasteiger partial charge in [0.05, 0.1) is 5.02 Å². The van der Waals surface area contributed by atoms with Gasteiger partial charge in [-0.1, -0.05) is 29.8 Å². The molecule has 2 aliphatic rings. The Bertz CT molecular complexity index is 626. The van der Waals surface area contributed by atoms with E-state index in [2.05, 4.69) is 23.5 Å². The first-order valence-corrected chi connectivity index (χ1v) is 7.69. The number of aliphatic carboxylic acids is 1. The number of carbonyl (C=O) groups is 1. The minimum Gasteiger partial charge on any atom is -0.475 e. The van der Waals surface area contributed by atoms with E-state index in [1.54, 1.807) is 0 Å².